The quantitative estimate of drug-likeness (QED) is 0.341. The van der Waals surface area contributed by atoms with Crippen LogP contribution in [0.3, 0.4) is 0 Å². The van der Waals surface area contributed by atoms with Gasteiger partial charge in [0.25, 0.3) is 0 Å². The summed E-state index contributed by atoms with van der Waals surface area (Å²) in [5.74, 6) is 6.02. The molecule has 4 fully saturated rings. The molecule has 0 aliphatic heterocycles. The molecule has 4 saturated carbocycles. The number of rotatable bonds is 9. The zero-order valence-electron chi connectivity index (χ0n) is 25.4. The predicted octanol–water partition coefficient (Wildman–Crippen LogP) is 8.62. The minimum Gasteiger partial charge on any atom is -0.396 e. The molecule has 5 rings (SSSR count). The first kappa shape index (κ1) is 28.7. The summed E-state index contributed by atoms with van der Waals surface area (Å²) in [4.78, 5) is 0. The van der Waals surface area contributed by atoms with Crippen molar-refractivity contribution in [2.24, 2.45) is 52.3 Å². The van der Waals surface area contributed by atoms with Crippen LogP contribution >= 0.6 is 0 Å². The Kier molecular flexibility index (Phi) is 8.44. The van der Waals surface area contributed by atoms with E-state index < -0.39 is 5.60 Å². The van der Waals surface area contributed by atoms with Crippen molar-refractivity contribution < 1.29 is 10.2 Å². The van der Waals surface area contributed by atoms with Gasteiger partial charge in [0.15, 0.2) is 0 Å². The van der Waals surface area contributed by atoms with E-state index in [0.717, 1.165) is 54.8 Å². The average molecular weight is 523 g/mol. The highest BCUT2D eigenvalue weighted by Gasteiger charge is 2.61. The van der Waals surface area contributed by atoms with Crippen molar-refractivity contribution >= 4 is 0 Å². The molecule has 2 heteroatoms. The second kappa shape index (κ2) is 11.2. The summed E-state index contributed by atoms with van der Waals surface area (Å²) in [6.07, 6.45) is 17.3. The molecule has 4 aliphatic rings. The zero-order chi connectivity index (χ0) is 27.1. The van der Waals surface area contributed by atoms with E-state index in [4.69, 9.17) is 0 Å². The van der Waals surface area contributed by atoms with Crippen LogP contribution in [-0.2, 0) is 12.8 Å². The number of aliphatic hydroxyl groups is 2. The number of aliphatic hydroxyl groups excluding tert-OH is 1. The summed E-state index contributed by atoms with van der Waals surface area (Å²) in [6, 6.07) is 8.47. The molecule has 0 bridgehead atoms. The molecular formula is C36H58O2. The van der Waals surface area contributed by atoms with Gasteiger partial charge in [0.1, 0.15) is 0 Å². The molecule has 38 heavy (non-hydrogen) atoms. The van der Waals surface area contributed by atoms with E-state index in [2.05, 4.69) is 58.9 Å². The number of hydrogen-bond acceptors (Lipinski definition) is 2. The van der Waals surface area contributed by atoms with Gasteiger partial charge in [-0.3, -0.25) is 0 Å². The van der Waals surface area contributed by atoms with Gasteiger partial charge in [-0.1, -0.05) is 78.1 Å². The van der Waals surface area contributed by atoms with Gasteiger partial charge in [-0.25, -0.2) is 0 Å². The van der Waals surface area contributed by atoms with Gasteiger partial charge in [0, 0.05) is 13.0 Å². The molecule has 2 N–H and O–H groups in total. The predicted molar refractivity (Wildman–Crippen MR) is 159 cm³/mol. The van der Waals surface area contributed by atoms with Crippen LogP contribution in [-0.4, -0.2) is 22.4 Å². The molecule has 214 valence electrons. The van der Waals surface area contributed by atoms with Crippen LogP contribution in [0.4, 0.5) is 0 Å². The fourth-order valence-corrected chi connectivity index (χ4v) is 11.0. The number of fused-ring (bicyclic) bond motifs is 5. The third-order valence-electron chi connectivity index (χ3n) is 13.0. The summed E-state index contributed by atoms with van der Waals surface area (Å²) >= 11 is 0. The SMILES string of the molecule is CC(C)CCC[C@@H](C)[C@H]1CC[C@H]2[C@@H]3CC[C@H]4C[C@@](O)(Cc5ccccc5CCO)CC[C@]4(C)[C@H]3CC[C@]12C. The Hall–Kier alpha value is -0.860. The van der Waals surface area contributed by atoms with E-state index in [-0.39, 0.29) is 6.61 Å². The Labute approximate surface area is 234 Å². The molecule has 0 aromatic heterocycles. The summed E-state index contributed by atoms with van der Waals surface area (Å²) in [5, 5.41) is 21.4. The molecule has 0 unspecified atom stereocenters. The van der Waals surface area contributed by atoms with Crippen molar-refractivity contribution in [1.82, 2.24) is 0 Å². The van der Waals surface area contributed by atoms with Crippen LogP contribution in [0.5, 0.6) is 0 Å². The van der Waals surface area contributed by atoms with Crippen molar-refractivity contribution in [3.8, 4) is 0 Å². The summed E-state index contributed by atoms with van der Waals surface area (Å²) in [7, 11) is 0. The maximum Gasteiger partial charge on any atom is 0.0691 e. The second-order valence-corrected chi connectivity index (χ2v) is 15.5. The van der Waals surface area contributed by atoms with Gasteiger partial charge in [-0.05, 0) is 128 Å². The second-order valence-electron chi connectivity index (χ2n) is 15.5. The molecular weight excluding hydrogens is 464 g/mol. The number of hydrogen-bond donors (Lipinski definition) is 2. The summed E-state index contributed by atoms with van der Waals surface area (Å²) in [5.41, 5.74) is 2.83. The lowest BCUT2D eigenvalue weighted by atomic mass is 9.43. The van der Waals surface area contributed by atoms with E-state index in [1.165, 1.54) is 75.3 Å². The van der Waals surface area contributed by atoms with Gasteiger partial charge in [-0.2, -0.15) is 0 Å². The average Bonchev–Trinajstić information content (AvgIpc) is 3.23. The van der Waals surface area contributed by atoms with Crippen molar-refractivity contribution in [3.63, 3.8) is 0 Å². The molecule has 0 saturated heterocycles. The summed E-state index contributed by atoms with van der Waals surface area (Å²) < 4.78 is 0. The minimum atomic E-state index is -0.588. The Bertz CT molecular complexity index is 939. The van der Waals surface area contributed by atoms with Gasteiger partial charge in [0.2, 0.25) is 0 Å². The zero-order valence-corrected chi connectivity index (χ0v) is 25.4. The van der Waals surface area contributed by atoms with E-state index in [9.17, 15) is 10.2 Å². The van der Waals surface area contributed by atoms with Crippen LogP contribution < -0.4 is 0 Å². The van der Waals surface area contributed by atoms with E-state index >= 15 is 0 Å². The van der Waals surface area contributed by atoms with Gasteiger partial charge >= 0.3 is 0 Å². The molecule has 1 aromatic rings. The molecule has 2 nitrogen and oxygen atoms in total. The highest BCUT2D eigenvalue weighted by molar-refractivity contribution is 5.29. The molecule has 0 amide bonds. The van der Waals surface area contributed by atoms with Crippen molar-refractivity contribution in [2.75, 3.05) is 6.61 Å². The third kappa shape index (κ3) is 5.27. The van der Waals surface area contributed by atoms with E-state index in [0.29, 0.717) is 23.2 Å². The van der Waals surface area contributed by atoms with Crippen molar-refractivity contribution in [2.45, 2.75) is 130 Å². The Morgan fingerprint density at radius 3 is 2.32 bits per heavy atom. The lowest BCUT2D eigenvalue weighted by molar-refractivity contribution is -0.152. The maximum atomic E-state index is 11.9. The van der Waals surface area contributed by atoms with Crippen molar-refractivity contribution in [3.05, 3.63) is 35.4 Å². The smallest absolute Gasteiger partial charge is 0.0691 e. The molecule has 0 radical (unpaired) electrons. The fourth-order valence-electron chi connectivity index (χ4n) is 11.0. The van der Waals surface area contributed by atoms with E-state index in [1.54, 1.807) is 0 Å². The largest absolute Gasteiger partial charge is 0.396 e. The molecule has 0 spiro atoms. The standard InChI is InChI=1S/C36H58O2/c1-25(2)9-8-10-26(3)31-15-16-32-30-14-13-29-24-36(38,23-28-12-7-6-11-27(28)18-22-37)21-20-34(29,4)33(30)17-19-35(31,32)5/h6-7,11-12,25-26,29-33,37-38H,8-10,13-24H2,1-5H3/t26-,29+,30+,31-,32+,33+,34+,35-,36+/m1/s1. The first-order valence-electron chi connectivity index (χ1n) is 16.5. The van der Waals surface area contributed by atoms with Gasteiger partial charge < -0.3 is 10.2 Å². The van der Waals surface area contributed by atoms with Crippen LogP contribution in [0.1, 0.15) is 123 Å². The van der Waals surface area contributed by atoms with Crippen LogP contribution in [0.15, 0.2) is 24.3 Å². The third-order valence-corrected chi connectivity index (χ3v) is 13.0. The van der Waals surface area contributed by atoms with E-state index in [1.807, 2.05) is 0 Å². The lowest BCUT2D eigenvalue weighted by Gasteiger charge is -2.62. The van der Waals surface area contributed by atoms with Crippen LogP contribution in [0.25, 0.3) is 0 Å². The minimum absolute atomic E-state index is 0.177. The van der Waals surface area contributed by atoms with Gasteiger partial charge in [-0.15, -0.1) is 0 Å². The first-order valence-corrected chi connectivity index (χ1v) is 16.5. The van der Waals surface area contributed by atoms with Crippen LogP contribution in [0, 0.1) is 52.3 Å². The fraction of sp³-hybridized carbons (Fsp3) is 0.833. The van der Waals surface area contributed by atoms with Gasteiger partial charge in [0.05, 0.1) is 5.60 Å². The normalized spacial score (nSPS) is 41.4. The number of benzene rings is 1. The highest BCUT2D eigenvalue weighted by atomic mass is 16.3. The van der Waals surface area contributed by atoms with Crippen molar-refractivity contribution in [1.29, 1.82) is 0 Å². The topological polar surface area (TPSA) is 40.5 Å². The Morgan fingerprint density at radius 2 is 1.58 bits per heavy atom. The maximum absolute atomic E-state index is 11.9. The Balaban J connectivity index is 1.26. The first-order chi connectivity index (χ1) is 18.1. The summed E-state index contributed by atoms with van der Waals surface area (Å²) in [6.45, 7) is 12.9. The highest BCUT2D eigenvalue weighted by Crippen LogP contribution is 2.69. The molecule has 1 aromatic carbocycles. The monoisotopic (exact) mass is 522 g/mol. The molecule has 0 heterocycles. The molecule has 9 atom stereocenters. The Morgan fingerprint density at radius 1 is 0.842 bits per heavy atom. The van der Waals surface area contributed by atoms with Crippen LogP contribution in [0.2, 0.25) is 0 Å². The molecule has 4 aliphatic carbocycles. The lowest BCUT2D eigenvalue weighted by Crippen LogP contribution is -2.56.